The molecule has 0 saturated carbocycles. The molecule has 0 fully saturated rings. The quantitative estimate of drug-likeness (QED) is 0.894. The second-order valence-corrected chi connectivity index (χ2v) is 5.67. The van der Waals surface area contributed by atoms with E-state index in [1.807, 2.05) is 40.7 Å². The minimum Gasteiger partial charge on any atom is -0.496 e. The van der Waals surface area contributed by atoms with Crippen LogP contribution in [0.5, 0.6) is 5.75 Å². The first-order valence-corrected chi connectivity index (χ1v) is 6.18. The zero-order valence-electron chi connectivity index (χ0n) is 12.2. The molecule has 0 aliphatic carbocycles. The van der Waals surface area contributed by atoms with Gasteiger partial charge >= 0.3 is 0 Å². The Labute approximate surface area is 110 Å². The molecule has 0 bridgehead atoms. The Bertz CT molecular complexity index is 445. The minimum absolute atomic E-state index is 0.0553. The number of carbonyl (C=O) groups is 1. The first-order chi connectivity index (χ1) is 8.25. The highest BCUT2D eigenvalue weighted by Crippen LogP contribution is 2.23. The first kappa shape index (κ1) is 14.6. The second kappa shape index (κ2) is 5.42. The Kier molecular flexibility index (Phi) is 4.38. The van der Waals surface area contributed by atoms with E-state index in [2.05, 4.69) is 11.4 Å². The zero-order valence-corrected chi connectivity index (χ0v) is 12.2. The summed E-state index contributed by atoms with van der Waals surface area (Å²) in [6.07, 6.45) is 0. The van der Waals surface area contributed by atoms with E-state index in [0.29, 0.717) is 6.54 Å². The summed E-state index contributed by atoms with van der Waals surface area (Å²) in [7, 11) is 1.67. The fraction of sp³-hybridized carbons (Fsp3) is 0.533. The lowest BCUT2D eigenvalue weighted by molar-refractivity contribution is -0.128. The van der Waals surface area contributed by atoms with Crippen LogP contribution in [0.25, 0.3) is 0 Å². The third-order valence-electron chi connectivity index (χ3n) is 3.03. The smallest absolute Gasteiger partial charge is 0.225 e. The molecule has 1 aromatic carbocycles. The predicted octanol–water partition coefficient (Wildman–Crippen LogP) is 2.97. The third-order valence-corrected chi connectivity index (χ3v) is 3.03. The summed E-state index contributed by atoms with van der Waals surface area (Å²) in [6.45, 7) is 10.3. The molecular weight excluding hydrogens is 226 g/mol. The minimum atomic E-state index is -0.357. The lowest BCUT2D eigenvalue weighted by atomic mass is 9.95. The molecule has 1 N–H and O–H groups in total. The molecule has 0 aliphatic heterocycles. The van der Waals surface area contributed by atoms with Crippen molar-refractivity contribution in [1.29, 1.82) is 0 Å². The van der Waals surface area contributed by atoms with Crippen LogP contribution >= 0.6 is 0 Å². The fourth-order valence-corrected chi connectivity index (χ4v) is 1.66. The molecule has 0 radical (unpaired) electrons. The number of methoxy groups -OCH3 is 1. The molecule has 3 nitrogen and oxygen atoms in total. The van der Waals surface area contributed by atoms with E-state index in [1.54, 1.807) is 7.11 Å². The van der Waals surface area contributed by atoms with Crippen molar-refractivity contribution >= 4 is 5.91 Å². The maximum absolute atomic E-state index is 11.8. The Morgan fingerprint density at radius 1 is 1.28 bits per heavy atom. The molecule has 1 aromatic rings. The number of amides is 1. The van der Waals surface area contributed by atoms with Crippen molar-refractivity contribution in [1.82, 2.24) is 5.32 Å². The average molecular weight is 249 g/mol. The van der Waals surface area contributed by atoms with Gasteiger partial charge in [0, 0.05) is 12.0 Å². The Balaban J connectivity index is 2.81. The number of carbonyl (C=O) groups excluding carboxylic acids is 1. The highest BCUT2D eigenvalue weighted by Gasteiger charge is 2.20. The van der Waals surface area contributed by atoms with Gasteiger partial charge in [0.25, 0.3) is 0 Å². The van der Waals surface area contributed by atoms with Crippen LogP contribution in [0.3, 0.4) is 0 Å². The van der Waals surface area contributed by atoms with Gasteiger partial charge in [-0.3, -0.25) is 4.79 Å². The van der Waals surface area contributed by atoms with E-state index >= 15 is 0 Å². The number of hydrogen-bond acceptors (Lipinski definition) is 2. The van der Waals surface area contributed by atoms with Crippen LogP contribution in [0.4, 0.5) is 0 Å². The van der Waals surface area contributed by atoms with E-state index < -0.39 is 0 Å². The molecule has 0 spiro atoms. The van der Waals surface area contributed by atoms with Crippen LogP contribution in [0.1, 0.15) is 37.5 Å². The lowest BCUT2D eigenvalue weighted by Gasteiger charge is -2.18. The van der Waals surface area contributed by atoms with Crippen molar-refractivity contribution in [2.45, 2.75) is 41.2 Å². The summed E-state index contributed by atoms with van der Waals surface area (Å²) in [5, 5.41) is 2.94. The van der Waals surface area contributed by atoms with Gasteiger partial charge in [-0.05, 0) is 36.6 Å². The van der Waals surface area contributed by atoms with Crippen molar-refractivity contribution in [2.24, 2.45) is 5.41 Å². The molecule has 0 heterocycles. The van der Waals surface area contributed by atoms with Crippen LogP contribution in [-0.2, 0) is 11.3 Å². The van der Waals surface area contributed by atoms with Crippen LogP contribution in [0.15, 0.2) is 12.1 Å². The molecule has 1 rings (SSSR count). The van der Waals surface area contributed by atoms with Crippen LogP contribution in [-0.4, -0.2) is 13.0 Å². The molecule has 0 aromatic heterocycles. The SMILES string of the molecule is COc1cc(CNC(=O)C(C)(C)C)cc(C)c1C. The maximum Gasteiger partial charge on any atom is 0.225 e. The Hall–Kier alpha value is -1.51. The van der Waals surface area contributed by atoms with Gasteiger partial charge in [0.2, 0.25) is 5.91 Å². The van der Waals surface area contributed by atoms with E-state index in [-0.39, 0.29) is 11.3 Å². The van der Waals surface area contributed by atoms with Crippen LogP contribution < -0.4 is 10.1 Å². The van der Waals surface area contributed by atoms with Gasteiger partial charge in [-0.25, -0.2) is 0 Å². The zero-order chi connectivity index (χ0) is 13.9. The Morgan fingerprint density at radius 2 is 1.89 bits per heavy atom. The fourth-order valence-electron chi connectivity index (χ4n) is 1.66. The van der Waals surface area contributed by atoms with Crippen LogP contribution in [0, 0.1) is 19.3 Å². The summed E-state index contributed by atoms with van der Waals surface area (Å²) in [6, 6.07) is 4.06. The Morgan fingerprint density at radius 3 is 2.39 bits per heavy atom. The largest absolute Gasteiger partial charge is 0.496 e. The van der Waals surface area contributed by atoms with Gasteiger partial charge in [-0.2, -0.15) is 0 Å². The third kappa shape index (κ3) is 3.49. The number of benzene rings is 1. The molecule has 18 heavy (non-hydrogen) atoms. The monoisotopic (exact) mass is 249 g/mol. The number of rotatable bonds is 3. The van der Waals surface area contributed by atoms with E-state index in [9.17, 15) is 4.79 Å². The second-order valence-electron chi connectivity index (χ2n) is 5.67. The van der Waals surface area contributed by atoms with Crippen molar-refractivity contribution in [3.05, 3.63) is 28.8 Å². The van der Waals surface area contributed by atoms with Gasteiger partial charge in [0.1, 0.15) is 5.75 Å². The molecule has 0 atom stereocenters. The molecule has 0 unspecified atom stereocenters. The molecular formula is C15H23NO2. The molecule has 3 heteroatoms. The van der Waals surface area contributed by atoms with Gasteiger partial charge in [0.15, 0.2) is 0 Å². The normalized spacial score (nSPS) is 11.2. The van der Waals surface area contributed by atoms with E-state index in [1.165, 1.54) is 5.56 Å². The molecule has 0 aliphatic rings. The summed E-state index contributed by atoms with van der Waals surface area (Å²) in [5.74, 6) is 0.926. The first-order valence-electron chi connectivity index (χ1n) is 6.18. The van der Waals surface area contributed by atoms with Gasteiger partial charge in [-0.15, -0.1) is 0 Å². The summed E-state index contributed by atoms with van der Waals surface area (Å²) in [5.41, 5.74) is 3.02. The highest BCUT2D eigenvalue weighted by atomic mass is 16.5. The number of aryl methyl sites for hydroxylation is 1. The average Bonchev–Trinajstić information content (AvgIpc) is 2.28. The van der Waals surface area contributed by atoms with Crippen molar-refractivity contribution in [2.75, 3.05) is 7.11 Å². The van der Waals surface area contributed by atoms with E-state index in [0.717, 1.165) is 16.9 Å². The topological polar surface area (TPSA) is 38.3 Å². The maximum atomic E-state index is 11.8. The van der Waals surface area contributed by atoms with Crippen molar-refractivity contribution < 1.29 is 9.53 Å². The number of nitrogens with one attached hydrogen (secondary N) is 1. The lowest BCUT2D eigenvalue weighted by Crippen LogP contribution is -2.34. The molecule has 100 valence electrons. The van der Waals surface area contributed by atoms with Gasteiger partial charge in [0.05, 0.1) is 7.11 Å². The standard InChI is InChI=1S/C15H23NO2/c1-10-7-12(8-13(18-6)11(10)2)9-16-14(17)15(3,4)5/h7-8H,9H2,1-6H3,(H,16,17). The van der Waals surface area contributed by atoms with Crippen LogP contribution in [0.2, 0.25) is 0 Å². The predicted molar refractivity (Wildman–Crippen MR) is 73.8 cm³/mol. The summed E-state index contributed by atoms with van der Waals surface area (Å²) < 4.78 is 5.33. The van der Waals surface area contributed by atoms with Gasteiger partial charge in [-0.1, -0.05) is 26.8 Å². The number of ether oxygens (including phenoxy) is 1. The number of hydrogen-bond donors (Lipinski definition) is 1. The van der Waals surface area contributed by atoms with Crippen molar-refractivity contribution in [3.8, 4) is 5.75 Å². The summed E-state index contributed by atoms with van der Waals surface area (Å²) >= 11 is 0. The van der Waals surface area contributed by atoms with Gasteiger partial charge < -0.3 is 10.1 Å². The molecule has 0 saturated heterocycles. The van der Waals surface area contributed by atoms with E-state index in [4.69, 9.17) is 4.74 Å². The highest BCUT2D eigenvalue weighted by molar-refractivity contribution is 5.81. The summed E-state index contributed by atoms with van der Waals surface area (Å²) in [4.78, 5) is 11.8. The van der Waals surface area contributed by atoms with Crippen molar-refractivity contribution in [3.63, 3.8) is 0 Å². The molecule has 1 amide bonds.